The van der Waals surface area contributed by atoms with Gasteiger partial charge in [0.1, 0.15) is 0 Å². The number of hydrogen-bond acceptors (Lipinski definition) is 3. The average molecular weight is 230 g/mol. The van der Waals surface area contributed by atoms with Gasteiger partial charge in [0.25, 0.3) is 0 Å². The monoisotopic (exact) mass is 230 g/mol. The second-order valence-electron chi connectivity index (χ2n) is 3.80. The van der Waals surface area contributed by atoms with Gasteiger partial charge in [-0.15, -0.1) is 0 Å². The summed E-state index contributed by atoms with van der Waals surface area (Å²) >= 11 is 0. The number of benzene rings is 1. The van der Waals surface area contributed by atoms with Crippen LogP contribution in [0.15, 0.2) is 41.7 Å². The van der Waals surface area contributed by atoms with Crippen LogP contribution in [0.4, 0.5) is 0 Å². The Morgan fingerprint density at radius 2 is 2.18 bits per heavy atom. The second kappa shape index (κ2) is 4.69. The summed E-state index contributed by atoms with van der Waals surface area (Å²) < 4.78 is 1.82. The fourth-order valence-electron chi connectivity index (χ4n) is 1.69. The van der Waals surface area contributed by atoms with Crippen molar-refractivity contribution in [2.45, 2.75) is 13.5 Å². The Morgan fingerprint density at radius 1 is 1.41 bits per heavy atom. The minimum absolute atomic E-state index is 0.115. The molecule has 0 spiro atoms. The number of oxime groups is 1. The molecule has 2 rings (SSSR count). The number of rotatable bonds is 3. The van der Waals surface area contributed by atoms with Gasteiger partial charge >= 0.3 is 0 Å². The molecule has 0 bridgehead atoms. The summed E-state index contributed by atoms with van der Waals surface area (Å²) in [5.41, 5.74) is 8.28. The molecule has 0 aliphatic carbocycles. The predicted octanol–water partition coefficient (Wildman–Crippen LogP) is 1.33. The van der Waals surface area contributed by atoms with Crippen molar-refractivity contribution in [1.82, 2.24) is 9.78 Å². The van der Waals surface area contributed by atoms with Crippen molar-refractivity contribution >= 4 is 5.84 Å². The van der Waals surface area contributed by atoms with E-state index in [1.165, 1.54) is 0 Å². The maximum Gasteiger partial charge on any atom is 0.170 e. The van der Waals surface area contributed by atoms with E-state index in [9.17, 15) is 0 Å². The molecule has 5 heteroatoms. The van der Waals surface area contributed by atoms with Crippen LogP contribution >= 0.6 is 0 Å². The molecule has 1 heterocycles. The summed E-state index contributed by atoms with van der Waals surface area (Å²) in [4.78, 5) is 0. The smallest absolute Gasteiger partial charge is 0.170 e. The summed E-state index contributed by atoms with van der Waals surface area (Å²) in [5.74, 6) is 0.115. The topological polar surface area (TPSA) is 76.4 Å². The lowest BCUT2D eigenvalue weighted by Gasteiger charge is -2.08. The number of nitrogens with two attached hydrogens (primary N) is 1. The van der Waals surface area contributed by atoms with Crippen LogP contribution in [0, 0.1) is 6.92 Å². The van der Waals surface area contributed by atoms with Crippen LogP contribution in [-0.4, -0.2) is 20.8 Å². The summed E-state index contributed by atoms with van der Waals surface area (Å²) in [6, 6.07) is 9.46. The Morgan fingerprint density at radius 3 is 2.82 bits per heavy atom. The number of aromatic nitrogens is 2. The van der Waals surface area contributed by atoms with E-state index < -0.39 is 0 Å². The lowest BCUT2D eigenvalue weighted by molar-refractivity contribution is 0.318. The Labute approximate surface area is 99.2 Å². The zero-order valence-electron chi connectivity index (χ0n) is 9.54. The minimum Gasteiger partial charge on any atom is -0.409 e. The number of nitrogens with zero attached hydrogens (tertiary/aromatic N) is 3. The van der Waals surface area contributed by atoms with Gasteiger partial charge in [0.15, 0.2) is 5.84 Å². The van der Waals surface area contributed by atoms with E-state index in [4.69, 9.17) is 10.9 Å². The highest BCUT2D eigenvalue weighted by Crippen LogP contribution is 2.10. The average Bonchev–Trinajstić information content (AvgIpc) is 2.74. The highest BCUT2D eigenvalue weighted by atomic mass is 16.4. The highest BCUT2D eigenvalue weighted by molar-refractivity contribution is 5.98. The van der Waals surface area contributed by atoms with Crippen molar-refractivity contribution in [3.8, 4) is 0 Å². The predicted molar refractivity (Wildman–Crippen MR) is 65.0 cm³/mol. The van der Waals surface area contributed by atoms with E-state index in [0.29, 0.717) is 6.54 Å². The molecule has 0 aliphatic heterocycles. The number of hydrogen-bond donors (Lipinski definition) is 2. The molecule has 5 nitrogen and oxygen atoms in total. The highest BCUT2D eigenvalue weighted by Gasteiger charge is 2.07. The van der Waals surface area contributed by atoms with Crippen molar-refractivity contribution in [1.29, 1.82) is 0 Å². The quantitative estimate of drug-likeness (QED) is 0.361. The van der Waals surface area contributed by atoms with Gasteiger partial charge in [-0.25, -0.2) is 0 Å². The third kappa shape index (κ3) is 2.44. The first-order chi connectivity index (χ1) is 8.20. The van der Waals surface area contributed by atoms with Crippen molar-refractivity contribution in [3.63, 3.8) is 0 Å². The summed E-state index contributed by atoms with van der Waals surface area (Å²) in [7, 11) is 0. The van der Waals surface area contributed by atoms with Gasteiger partial charge in [-0.2, -0.15) is 5.10 Å². The Hall–Kier alpha value is -2.30. The first-order valence-electron chi connectivity index (χ1n) is 5.26. The number of amidine groups is 1. The SMILES string of the molecule is Cc1ccn(Cc2ccccc2C(N)=NO)n1. The summed E-state index contributed by atoms with van der Waals surface area (Å²) in [5, 5.41) is 16.1. The first-order valence-corrected chi connectivity index (χ1v) is 5.26. The third-order valence-electron chi connectivity index (χ3n) is 2.51. The minimum atomic E-state index is 0.115. The van der Waals surface area contributed by atoms with E-state index in [2.05, 4.69) is 10.3 Å². The van der Waals surface area contributed by atoms with Gasteiger partial charge in [0, 0.05) is 11.8 Å². The molecule has 0 radical (unpaired) electrons. The molecule has 0 unspecified atom stereocenters. The molecule has 0 fully saturated rings. The molecule has 2 aromatic rings. The van der Waals surface area contributed by atoms with Crippen LogP contribution in [-0.2, 0) is 6.54 Å². The molecule has 0 amide bonds. The van der Waals surface area contributed by atoms with Gasteiger partial charge in [-0.3, -0.25) is 4.68 Å². The van der Waals surface area contributed by atoms with Crippen LogP contribution in [0.3, 0.4) is 0 Å². The third-order valence-corrected chi connectivity index (χ3v) is 2.51. The lowest BCUT2D eigenvalue weighted by Crippen LogP contribution is -2.16. The molecule has 0 aliphatic rings. The Balaban J connectivity index is 2.32. The normalized spacial score (nSPS) is 11.7. The van der Waals surface area contributed by atoms with Crippen molar-refractivity contribution < 1.29 is 5.21 Å². The zero-order chi connectivity index (χ0) is 12.3. The molecule has 0 saturated carbocycles. The van der Waals surface area contributed by atoms with E-state index >= 15 is 0 Å². The fraction of sp³-hybridized carbons (Fsp3) is 0.167. The first kappa shape index (κ1) is 11.2. The Bertz CT molecular complexity index is 545. The van der Waals surface area contributed by atoms with E-state index in [1.54, 1.807) is 0 Å². The van der Waals surface area contributed by atoms with E-state index in [0.717, 1.165) is 16.8 Å². The molecular formula is C12H14N4O. The largest absolute Gasteiger partial charge is 0.409 e. The maximum atomic E-state index is 8.72. The lowest BCUT2D eigenvalue weighted by atomic mass is 10.1. The van der Waals surface area contributed by atoms with Crippen LogP contribution in [0.25, 0.3) is 0 Å². The van der Waals surface area contributed by atoms with Crippen LogP contribution < -0.4 is 5.73 Å². The molecule has 0 saturated heterocycles. The maximum absolute atomic E-state index is 8.72. The van der Waals surface area contributed by atoms with Crippen molar-refractivity contribution in [2.24, 2.45) is 10.9 Å². The molecule has 3 N–H and O–H groups in total. The van der Waals surface area contributed by atoms with Gasteiger partial charge in [-0.05, 0) is 18.6 Å². The molecule has 17 heavy (non-hydrogen) atoms. The van der Waals surface area contributed by atoms with Crippen molar-refractivity contribution in [2.75, 3.05) is 0 Å². The number of aryl methyl sites for hydroxylation is 1. The molecular weight excluding hydrogens is 216 g/mol. The van der Waals surface area contributed by atoms with Gasteiger partial charge in [0.05, 0.1) is 12.2 Å². The van der Waals surface area contributed by atoms with E-state index in [-0.39, 0.29) is 5.84 Å². The fourth-order valence-corrected chi connectivity index (χ4v) is 1.69. The zero-order valence-corrected chi connectivity index (χ0v) is 9.54. The summed E-state index contributed by atoms with van der Waals surface area (Å²) in [6.45, 7) is 2.53. The van der Waals surface area contributed by atoms with Gasteiger partial charge in [0.2, 0.25) is 0 Å². The Kier molecular flexibility index (Phi) is 3.09. The molecule has 0 atom stereocenters. The molecule has 88 valence electrons. The second-order valence-corrected chi connectivity index (χ2v) is 3.80. The molecule has 1 aromatic carbocycles. The van der Waals surface area contributed by atoms with Gasteiger partial charge < -0.3 is 10.9 Å². The standard InChI is InChI=1S/C12H14N4O/c1-9-6-7-16(14-9)8-10-4-2-3-5-11(10)12(13)15-17/h2-7,17H,8H2,1H3,(H2,13,15). The van der Waals surface area contributed by atoms with Crippen LogP contribution in [0.1, 0.15) is 16.8 Å². The van der Waals surface area contributed by atoms with Crippen molar-refractivity contribution in [3.05, 3.63) is 53.3 Å². The van der Waals surface area contributed by atoms with E-state index in [1.807, 2.05) is 48.1 Å². The van der Waals surface area contributed by atoms with Gasteiger partial charge in [-0.1, -0.05) is 29.4 Å². The molecule has 1 aromatic heterocycles. The summed E-state index contributed by atoms with van der Waals surface area (Å²) in [6.07, 6.45) is 1.90. The van der Waals surface area contributed by atoms with Crippen LogP contribution in [0.5, 0.6) is 0 Å². The van der Waals surface area contributed by atoms with Crippen LogP contribution in [0.2, 0.25) is 0 Å².